The van der Waals surface area contributed by atoms with Gasteiger partial charge in [0.05, 0.1) is 0 Å². The van der Waals surface area contributed by atoms with E-state index in [1.807, 2.05) is 40.1 Å². The molecule has 1 aromatic carbocycles. The van der Waals surface area contributed by atoms with Crippen LogP contribution in [0.5, 0.6) is 0 Å². The van der Waals surface area contributed by atoms with Crippen molar-refractivity contribution in [3.8, 4) is 0 Å². The Morgan fingerprint density at radius 2 is 1.48 bits per heavy atom. The minimum Gasteiger partial charge on any atom is -0.335 e. The van der Waals surface area contributed by atoms with Gasteiger partial charge in [-0.25, -0.2) is 0 Å². The highest BCUT2D eigenvalue weighted by Crippen LogP contribution is 2.20. The van der Waals surface area contributed by atoms with E-state index in [2.05, 4.69) is 6.08 Å². The van der Waals surface area contributed by atoms with Crippen LogP contribution >= 0.6 is 0 Å². The van der Waals surface area contributed by atoms with Crippen LogP contribution in [0, 0.1) is 0 Å². The second-order valence-corrected chi connectivity index (χ2v) is 5.57. The molecule has 0 N–H and O–H groups in total. The van der Waals surface area contributed by atoms with Crippen molar-refractivity contribution in [1.82, 2.24) is 9.80 Å². The lowest BCUT2D eigenvalue weighted by molar-refractivity contribution is -0.128. The molecule has 2 amide bonds. The number of benzene rings is 1. The first-order valence-electron chi connectivity index (χ1n) is 7.58. The lowest BCUT2D eigenvalue weighted by atomic mass is 10.1. The van der Waals surface area contributed by atoms with Gasteiger partial charge < -0.3 is 9.80 Å². The SMILES string of the molecule is O=C(C1=CCCC1)N1CCN(C(=O)c2ccccc2)CC1. The Hall–Kier alpha value is -2.10. The van der Waals surface area contributed by atoms with Crippen molar-refractivity contribution >= 4 is 11.8 Å². The summed E-state index contributed by atoms with van der Waals surface area (Å²) in [7, 11) is 0. The van der Waals surface area contributed by atoms with Crippen LogP contribution in [-0.4, -0.2) is 47.8 Å². The van der Waals surface area contributed by atoms with Crippen LogP contribution in [-0.2, 0) is 4.79 Å². The summed E-state index contributed by atoms with van der Waals surface area (Å²) >= 11 is 0. The maximum absolute atomic E-state index is 12.3. The van der Waals surface area contributed by atoms with Crippen LogP contribution in [0.25, 0.3) is 0 Å². The first-order valence-corrected chi connectivity index (χ1v) is 7.58. The van der Waals surface area contributed by atoms with E-state index >= 15 is 0 Å². The molecule has 1 fully saturated rings. The van der Waals surface area contributed by atoms with E-state index in [4.69, 9.17) is 0 Å². The van der Waals surface area contributed by atoms with E-state index in [9.17, 15) is 9.59 Å². The fourth-order valence-corrected chi connectivity index (χ4v) is 2.94. The summed E-state index contributed by atoms with van der Waals surface area (Å²) in [5.41, 5.74) is 1.67. The van der Waals surface area contributed by atoms with E-state index in [1.54, 1.807) is 0 Å². The van der Waals surface area contributed by atoms with Gasteiger partial charge in [-0.1, -0.05) is 24.3 Å². The van der Waals surface area contributed by atoms with Crippen LogP contribution in [0.15, 0.2) is 42.0 Å². The average Bonchev–Trinajstić information content (AvgIpc) is 3.09. The van der Waals surface area contributed by atoms with Gasteiger partial charge in [0.2, 0.25) is 5.91 Å². The van der Waals surface area contributed by atoms with Gasteiger partial charge in [0.25, 0.3) is 5.91 Å². The fourth-order valence-electron chi connectivity index (χ4n) is 2.94. The molecule has 1 aromatic rings. The first-order chi connectivity index (χ1) is 10.3. The molecule has 3 rings (SSSR count). The van der Waals surface area contributed by atoms with E-state index in [-0.39, 0.29) is 11.8 Å². The Bertz CT molecular complexity index is 557. The van der Waals surface area contributed by atoms with Crippen molar-refractivity contribution in [1.29, 1.82) is 0 Å². The molecule has 2 aliphatic rings. The lowest BCUT2D eigenvalue weighted by Gasteiger charge is -2.35. The zero-order chi connectivity index (χ0) is 14.7. The highest BCUT2D eigenvalue weighted by atomic mass is 16.2. The molecule has 4 heteroatoms. The minimum absolute atomic E-state index is 0.0581. The summed E-state index contributed by atoms with van der Waals surface area (Å²) in [6, 6.07) is 9.33. The summed E-state index contributed by atoms with van der Waals surface area (Å²) in [6.45, 7) is 2.50. The van der Waals surface area contributed by atoms with E-state index in [1.165, 1.54) is 0 Å². The molecule has 0 saturated carbocycles. The number of piperazine rings is 1. The van der Waals surface area contributed by atoms with Gasteiger partial charge in [-0.05, 0) is 31.4 Å². The Morgan fingerprint density at radius 3 is 2.05 bits per heavy atom. The lowest BCUT2D eigenvalue weighted by Crippen LogP contribution is -2.50. The number of hydrogen-bond donors (Lipinski definition) is 0. The quantitative estimate of drug-likeness (QED) is 0.834. The summed E-state index contributed by atoms with van der Waals surface area (Å²) in [5.74, 6) is 0.224. The number of allylic oxidation sites excluding steroid dienone is 1. The van der Waals surface area contributed by atoms with E-state index < -0.39 is 0 Å². The standard InChI is InChI=1S/C17H20N2O2/c20-16(14-6-2-1-3-7-14)18-10-12-19(13-11-18)17(21)15-8-4-5-9-15/h1-3,6-8H,4-5,9-13H2. The molecule has 0 spiro atoms. The molecule has 1 aliphatic carbocycles. The number of hydrogen-bond acceptors (Lipinski definition) is 2. The molecule has 4 nitrogen and oxygen atoms in total. The third-order valence-electron chi connectivity index (χ3n) is 4.19. The molecule has 110 valence electrons. The highest BCUT2D eigenvalue weighted by Gasteiger charge is 2.26. The van der Waals surface area contributed by atoms with Crippen molar-refractivity contribution in [2.24, 2.45) is 0 Å². The zero-order valence-corrected chi connectivity index (χ0v) is 12.1. The Kier molecular flexibility index (Phi) is 4.04. The third-order valence-corrected chi connectivity index (χ3v) is 4.19. The topological polar surface area (TPSA) is 40.6 Å². The Balaban J connectivity index is 1.58. The van der Waals surface area contributed by atoms with Gasteiger partial charge in [-0.2, -0.15) is 0 Å². The van der Waals surface area contributed by atoms with Crippen molar-refractivity contribution in [3.63, 3.8) is 0 Å². The highest BCUT2D eigenvalue weighted by molar-refractivity contribution is 5.95. The van der Waals surface area contributed by atoms with Crippen molar-refractivity contribution in [2.75, 3.05) is 26.2 Å². The average molecular weight is 284 g/mol. The second-order valence-electron chi connectivity index (χ2n) is 5.57. The van der Waals surface area contributed by atoms with Crippen LogP contribution in [0.1, 0.15) is 29.6 Å². The molecule has 1 aliphatic heterocycles. The predicted molar refractivity (Wildman–Crippen MR) is 80.9 cm³/mol. The summed E-state index contributed by atoms with van der Waals surface area (Å²) < 4.78 is 0. The first kappa shape index (κ1) is 13.9. The van der Waals surface area contributed by atoms with Crippen molar-refractivity contribution < 1.29 is 9.59 Å². The van der Waals surface area contributed by atoms with E-state index in [0.29, 0.717) is 26.2 Å². The second kappa shape index (κ2) is 6.12. The van der Waals surface area contributed by atoms with Crippen molar-refractivity contribution in [2.45, 2.75) is 19.3 Å². The van der Waals surface area contributed by atoms with Crippen molar-refractivity contribution in [3.05, 3.63) is 47.5 Å². The molecule has 0 unspecified atom stereocenters. The zero-order valence-electron chi connectivity index (χ0n) is 12.1. The maximum atomic E-state index is 12.3. The summed E-state index contributed by atoms with van der Waals surface area (Å²) in [6.07, 6.45) is 5.08. The van der Waals surface area contributed by atoms with Gasteiger partial charge in [0.1, 0.15) is 0 Å². The van der Waals surface area contributed by atoms with Gasteiger partial charge >= 0.3 is 0 Å². The number of carbonyl (C=O) groups is 2. The molecule has 0 bridgehead atoms. The van der Waals surface area contributed by atoms with Gasteiger partial charge in [-0.15, -0.1) is 0 Å². The Morgan fingerprint density at radius 1 is 0.857 bits per heavy atom. The molecule has 1 saturated heterocycles. The third kappa shape index (κ3) is 2.99. The smallest absolute Gasteiger partial charge is 0.253 e. The number of amides is 2. The van der Waals surface area contributed by atoms with Crippen LogP contribution in [0.2, 0.25) is 0 Å². The van der Waals surface area contributed by atoms with Crippen LogP contribution < -0.4 is 0 Å². The predicted octanol–water partition coefficient (Wildman–Crippen LogP) is 2.08. The molecule has 0 aromatic heterocycles. The van der Waals surface area contributed by atoms with Crippen LogP contribution in [0.3, 0.4) is 0 Å². The Labute approximate surface area is 125 Å². The number of carbonyl (C=O) groups excluding carboxylic acids is 2. The van der Waals surface area contributed by atoms with Gasteiger partial charge in [0, 0.05) is 37.3 Å². The summed E-state index contributed by atoms with van der Waals surface area (Å²) in [5, 5.41) is 0. The molecule has 21 heavy (non-hydrogen) atoms. The molecular weight excluding hydrogens is 264 g/mol. The summed E-state index contributed by atoms with van der Waals surface area (Å²) in [4.78, 5) is 28.4. The largest absolute Gasteiger partial charge is 0.335 e. The van der Waals surface area contributed by atoms with E-state index in [0.717, 1.165) is 30.4 Å². The molecule has 0 radical (unpaired) electrons. The molecular formula is C17H20N2O2. The molecule has 1 heterocycles. The molecule has 0 atom stereocenters. The fraction of sp³-hybridized carbons (Fsp3) is 0.412. The number of rotatable bonds is 2. The van der Waals surface area contributed by atoms with Gasteiger partial charge in [-0.3, -0.25) is 9.59 Å². The monoisotopic (exact) mass is 284 g/mol. The number of nitrogens with zero attached hydrogens (tertiary/aromatic N) is 2. The van der Waals surface area contributed by atoms with Crippen LogP contribution in [0.4, 0.5) is 0 Å². The maximum Gasteiger partial charge on any atom is 0.253 e. The minimum atomic E-state index is 0.0581. The normalized spacial score (nSPS) is 18.6. The van der Waals surface area contributed by atoms with Gasteiger partial charge in [0.15, 0.2) is 0 Å².